The van der Waals surface area contributed by atoms with Crippen LogP contribution in [0, 0.1) is 0 Å². The SMILES string of the molecule is O=S(=O)(c1ccc2c(c1)CCCS2)N1CCCCCC1. The predicted molar refractivity (Wildman–Crippen MR) is 82.7 cm³/mol. The average molecular weight is 311 g/mol. The van der Waals surface area contributed by atoms with E-state index in [9.17, 15) is 8.42 Å². The fourth-order valence-corrected chi connectivity index (χ4v) is 5.52. The number of nitrogens with zero attached hydrogens (tertiary/aromatic N) is 1. The highest BCUT2D eigenvalue weighted by molar-refractivity contribution is 7.99. The molecule has 1 aromatic carbocycles. The predicted octanol–water partition coefficient (Wildman–Crippen LogP) is 3.29. The van der Waals surface area contributed by atoms with E-state index in [4.69, 9.17) is 0 Å². The quantitative estimate of drug-likeness (QED) is 0.841. The third-order valence-electron chi connectivity index (χ3n) is 4.08. The first-order valence-corrected chi connectivity index (χ1v) is 9.86. The molecule has 2 aliphatic heterocycles. The number of thioether (sulfide) groups is 1. The first kappa shape index (κ1) is 14.4. The van der Waals surface area contributed by atoms with Crippen molar-refractivity contribution < 1.29 is 8.42 Å². The molecule has 0 unspecified atom stereocenters. The topological polar surface area (TPSA) is 37.4 Å². The average Bonchev–Trinajstić information content (AvgIpc) is 2.76. The Morgan fingerprint density at radius 1 is 1.00 bits per heavy atom. The number of aryl methyl sites for hydroxylation is 1. The molecule has 0 radical (unpaired) electrons. The van der Waals surface area contributed by atoms with E-state index < -0.39 is 10.0 Å². The summed E-state index contributed by atoms with van der Waals surface area (Å²) in [7, 11) is -3.29. The van der Waals surface area contributed by atoms with Crippen molar-refractivity contribution in [3.8, 4) is 0 Å². The molecule has 0 spiro atoms. The normalized spacial score (nSPS) is 21.2. The van der Waals surface area contributed by atoms with Crippen molar-refractivity contribution in [3.05, 3.63) is 23.8 Å². The minimum atomic E-state index is -3.29. The summed E-state index contributed by atoms with van der Waals surface area (Å²) in [5.74, 6) is 1.14. The standard InChI is InChI=1S/C15H21NO2S2/c17-20(18,16-9-3-1-2-4-10-16)14-7-8-15-13(12-14)6-5-11-19-15/h7-8,12H,1-6,9-11H2. The van der Waals surface area contributed by atoms with Gasteiger partial charge >= 0.3 is 0 Å². The highest BCUT2D eigenvalue weighted by Gasteiger charge is 2.26. The van der Waals surface area contributed by atoms with Gasteiger partial charge in [-0.15, -0.1) is 11.8 Å². The van der Waals surface area contributed by atoms with Crippen LogP contribution in [-0.2, 0) is 16.4 Å². The van der Waals surface area contributed by atoms with E-state index >= 15 is 0 Å². The zero-order chi connectivity index (χ0) is 14.0. The lowest BCUT2D eigenvalue weighted by molar-refractivity contribution is 0.423. The molecule has 2 aliphatic rings. The van der Waals surface area contributed by atoms with Crippen LogP contribution in [0.15, 0.2) is 28.0 Å². The molecule has 0 aromatic heterocycles. The van der Waals surface area contributed by atoms with Crippen LogP contribution >= 0.6 is 11.8 Å². The molecule has 1 fully saturated rings. The highest BCUT2D eigenvalue weighted by atomic mass is 32.2. The first-order chi connectivity index (χ1) is 9.68. The minimum absolute atomic E-state index is 0.487. The van der Waals surface area contributed by atoms with Crippen molar-refractivity contribution in [2.45, 2.75) is 48.3 Å². The van der Waals surface area contributed by atoms with Crippen molar-refractivity contribution in [2.24, 2.45) is 0 Å². The Morgan fingerprint density at radius 2 is 1.75 bits per heavy atom. The molecule has 0 bridgehead atoms. The zero-order valence-corrected chi connectivity index (χ0v) is 13.3. The van der Waals surface area contributed by atoms with Crippen molar-refractivity contribution >= 4 is 21.8 Å². The van der Waals surface area contributed by atoms with Crippen LogP contribution in [0.4, 0.5) is 0 Å². The van der Waals surface area contributed by atoms with Gasteiger partial charge in [-0.2, -0.15) is 4.31 Å². The van der Waals surface area contributed by atoms with E-state index in [0.29, 0.717) is 18.0 Å². The van der Waals surface area contributed by atoms with Crippen LogP contribution < -0.4 is 0 Å². The fourth-order valence-electron chi connectivity index (χ4n) is 2.93. The van der Waals surface area contributed by atoms with Crippen LogP contribution in [0.3, 0.4) is 0 Å². The second-order valence-electron chi connectivity index (χ2n) is 5.54. The monoisotopic (exact) mass is 311 g/mol. The summed E-state index contributed by atoms with van der Waals surface area (Å²) in [6.45, 7) is 1.35. The molecule has 0 amide bonds. The maximum Gasteiger partial charge on any atom is 0.243 e. The van der Waals surface area contributed by atoms with E-state index in [1.165, 1.54) is 10.5 Å². The summed E-state index contributed by atoms with van der Waals surface area (Å²) >= 11 is 1.84. The molecule has 0 aliphatic carbocycles. The van der Waals surface area contributed by atoms with Crippen LogP contribution in [0.5, 0.6) is 0 Å². The summed E-state index contributed by atoms with van der Waals surface area (Å²) in [6, 6.07) is 5.68. The lowest BCUT2D eigenvalue weighted by atomic mass is 10.1. The second kappa shape index (κ2) is 6.08. The lowest BCUT2D eigenvalue weighted by Gasteiger charge is -2.22. The maximum absolute atomic E-state index is 12.7. The number of benzene rings is 1. The maximum atomic E-state index is 12.7. The molecule has 20 heavy (non-hydrogen) atoms. The van der Waals surface area contributed by atoms with Crippen molar-refractivity contribution in [2.75, 3.05) is 18.8 Å². The van der Waals surface area contributed by atoms with E-state index in [1.54, 1.807) is 10.4 Å². The largest absolute Gasteiger partial charge is 0.243 e. The molecule has 0 N–H and O–H groups in total. The van der Waals surface area contributed by atoms with Gasteiger partial charge in [0.1, 0.15) is 0 Å². The van der Waals surface area contributed by atoms with Gasteiger partial charge in [0.15, 0.2) is 0 Å². The number of hydrogen-bond donors (Lipinski definition) is 0. The van der Waals surface area contributed by atoms with Gasteiger partial charge in [0, 0.05) is 18.0 Å². The molecule has 3 rings (SSSR count). The van der Waals surface area contributed by atoms with Crippen LogP contribution in [0.1, 0.15) is 37.7 Å². The first-order valence-electron chi connectivity index (χ1n) is 7.44. The van der Waals surface area contributed by atoms with Gasteiger partial charge in [0.2, 0.25) is 10.0 Å². The molecular formula is C15H21NO2S2. The van der Waals surface area contributed by atoms with E-state index in [1.807, 2.05) is 23.9 Å². The molecule has 2 heterocycles. The van der Waals surface area contributed by atoms with Gasteiger partial charge < -0.3 is 0 Å². The number of sulfonamides is 1. The Kier molecular flexibility index (Phi) is 4.38. The van der Waals surface area contributed by atoms with E-state index in [0.717, 1.165) is 44.3 Å². The number of fused-ring (bicyclic) bond motifs is 1. The van der Waals surface area contributed by atoms with E-state index in [-0.39, 0.29) is 0 Å². The Labute approximate surface area is 125 Å². The third kappa shape index (κ3) is 2.90. The molecule has 5 heteroatoms. The summed E-state index contributed by atoms with van der Waals surface area (Å²) in [5.41, 5.74) is 1.21. The fraction of sp³-hybridized carbons (Fsp3) is 0.600. The molecular weight excluding hydrogens is 290 g/mol. The van der Waals surface area contributed by atoms with Crippen LogP contribution in [0.25, 0.3) is 0 Å². The zero-order valence-electron chi connectivity index (χ0n) is 11.7. The summed E-state index contributed by atoms with van der Waals surface area (Å²) in [5, 5.41) is 0. The highest BCUT2D eigenvalue weighted by Crippen LogP contribution is 2.32. The Bertz CT molecular complexity index is 576. The Morgan fingerprint density at radius 3 is 2.50 bits per heavy atom. The van der Waals surface area contributed by atoms with Crippen molar-refractivity contribution in [1.82, 2.24) is 4.31 Å². The molecule has 0 saturated carbocycles. The summed E-state index contributed by atoms with van der Waals surface area (Å²) in [6.07, 6.45) is 6.41. The number of rotatable bonds is 2. The lowest BCUT2D eigenvalue weighted by Crippen LogP contribution is -2.32. The van der Waals surface area contributed by atoms with Gasteiger partial charge in [0.25, 0.3) is 0 Å². The number of hydrogen-bond acceptors (Lipinski definition) is 3. The van der Waals surface area contributed by atoms with Gasteiger partial charge in [-0.1, -0.05) is 12.8 Å². The molecule has 3 nitrogen and oxygen atoms in total. The Balaban J connectivity index is 1.90. The second-order valence-corrected chi connectivity index (χ2v) is 8.61. The van der Waals surface area contributed by atoms with E-state index in [2.05, 4.69) is 0 Å². The molecule has 1 aromatic rings. The van der Waals surface area contributed by atoms with Crippen LogP contribution in [-0.4, -0.2) is 31.6 Å². The molecule has 0 atom stereocenters. The minimum Gasteiger partial charge on any atom is -0.207 e. The van der Waals surface area contributed by atoms with Gasteiger partial charge in [0.05, 0.1) is 4.90 Å². The smallest absolute Gasteiger partial charge is 0.207 e. The Hall–Kier alpha value is -0.520. The summed E-state index contributed by atoms with van der Waals surface area (Å²) < 4.78 is 27.2. The molecule has 110 valence electrons. The summed E-state index contributed by atoms with van der Waals surface area (Å²) in [4.78, 5) is 1.74. The van der Waals surface area contributed by atoms with Gasteiger partial charge in [-0.3, -0.25) is 0 Å². The van der Waals surface area contributed by atoms with Gasteiger partial charge in [-0.05, 0) is 55.2 Å². The van der Waals surface area contributed by atoms with Crippen LogP contribution in [0.2, 0.25) is 0 Å². The molecule has 1 saturated heterocycles. The van der Waals surface area contributed by atoms with Gasteiger partial charge in [-0.25, -0.2) is 8.42 Å². The van der Waals surface area contributed by atoms with Crippen molar-refractivity contribution in [1.29, 1.82) is 0 Å². The van der Waals surface area contributed by atoms with Crippen molar-refractivity contribution in [3.63, 3.8) is 0 Å². The third-order valence-corrected chi connectivity index (χ3v) is 7.18.